The molecule has 0 aromatic carbocycles. The molecule has 3 fully saturated rings. The Kier molecular flexibility index (Phi) is 30.3. The van der Waals surface area contributed by atoms with Gasteiger partial charge in [-0.3, -0.25) is 0 Å². The molecule has 0 saturated carbocycles. The molecule has 12 heterocycles. The van der Waals surface area contributed by atoms with Crippen molar-refractivity contribution in [1.82, 2.24) is 51.0 Å². The Labute approximate surface area is 668 Å². The number of nitrogens with zero attached hydrogens (tertiary/aromatic N) is 12. The summed E-state index contributed by atoms with van der Waals surface area (Å²) < 4.78 is 91.4. The van der Waals surface area contributed by atoms with Crippen molar-refractivity contribution in [2.24, 2.45) is 0 Å². The summed E-state index contributed by atoms with van der Waals surface area (Å²) in [4.78, 5) is 19.7. The van der Waals surface area contributed by atoms with Crippen LogP contribution in [-0.2, 0) is 69.3 Å². The first-order valence-corrected chi connectivity index (χ1v) is 55.8. The average Bonchev–Trinajstić information content (AvgIpc) is 1.42. The van der Waals surface area contributed by atoms with E-state index in [4.69, 9.17) is 30.1 Å². The number of H-pyrrole nitrogens is 1. The second-order valence-electron chi connectivity index (χ2n) is 34.6. The van der Waals surface area contributed by atoms with Gasteiger partial charge in [0.25, 0.3) is 0 Å². The van der Waals surface area contributed by atoms with E-state index in [0.717, 1.165) is 85.6 Å². The van der Waals surface area contributed by atoms with Gasteiger partial charge in [-0.1, -0.05) is 100 Å². The van der Waals surface area contributed by atoms with Crippen molar-refractivity contribution in [3.05, 3.63) is 157 Å². The van der Waals surface area contributed by atoms with E-state index in [1.807, 2.05) is 81.5 Å². The Hall–Kier alpha value is -6.34. The molecular weight excluding hydrogens is 1550 g/mol. The molecule has 0 atom stereocenters. The molecule has 3 aliphatic heterocycles. The van der Waals surface area contributed by atoms with E-state index in [0.29, 0.717) is 63.0 Å². The number of aromatic nitrogens is 9. The number of hydrogen-bond acceptors (Lipinski definition) is 13. The molecule has 3 aliphatic rings. The van der Waals surface area contributed by atoms with Crippen molar-refractivity contribution in [1.29, 1.82) is 5.26 Å². The minimum Gasteiger partial charge on any atom is -0.399 e. The summed E-state index contributed by atoms with van der Waals surface area (Å²) in [6.07, 6.45) is 25.7. The number of pyridine rings is 3. The van der Waals surface area contributed by atoms with E-state index in [1.54, 1.807) is 20.0 Å². The number of ether oxygens (including phenoxy) is 3. The van der Waals surface area contributed by atoms with Crippen molar-refractivity contribution in [2.75, 3.05) is 57.5 Å². The van der Waals surface area contributed by atoms with Crippen molar-refractivity contribution < 1.29 is 40.4 Å². The van der Waals surface area contributed by atoms with Crippen LogP contribution in [0.25, 0.3) is 60.2 Å². The fourth-order valence-corrected chi connectivity index (χ4v) is 25.7. The van der Waals surface area contributed by atoms with Gasteiger partial charge in [-0.15, -0.1) is 0 Å². The average molecular weight is 1680 g/mol. The highest BCUT2D eigenvalue weighted by Gasteiger charge is 2.53. The van der Waals surface area contributed by atoms with Gasteiger partial charge in [-0.25, -0.2) is 36.6 Å². The summed E-state index contributed by atoms with van der Waals surface area (Å²) in [5.74, 6) is 0.207. The number of aromatic amines is 1. The molecule has 110 heavy (non-hydrogen) atoms. The second-order valence-corrected chi connectivity index (χ2v) is 62.6. The smallest absolute Gasteiger partial charge is 0.399 e. The van der Waals surface area contributed by atoms with Crippen LogP contribution in [0.1, 0.15) is 89.5 Å². The molecule has 0 radical (unpaired) electrons. The van der Waals surface area contributed by atoms with Gasteiger partial charge in [0.05, 0.1) is 47.3 Å². The number of sulfonamides is 2. The molecule has 598 valence electrons. The molecule has 22 nitrogen and oxygen atoms in total. The Balaban J connectivity index is 0.000000179. The molecule has 30 heteroatoms. The lowest BCUT2D eigenvalue weighted by Gasteiger charge is -2.48. The largest absolute Gasteiger partial charge is 0.496 e. The van der Waals surface area contributed by atoms with E-state index in [-0.39, 0.29) is 36.2 Å². The maximum Gasteiger partial charge on any atom is 0.496 e. The monoisotopic (exact) mass is 1670 g/mol. The highest BCUT2D eigenvalue weighted by Crippen LogP contribution is 2.44. The van der Waals surface area contributed by atoms with Gasteiger partial charge in [0.2, 0.25) is 20.0 Å². The summed E-state index contributed by atoms with van der Waals surface area (Å²) in [7, 11) is -11.4. The van der Waals surface area contributed by atoms with Gasteiger partial charge in [0.1, 0.15) is 37.1 Å². The molecule has 0 unspecified atom stereocenters. The lowest BCUT2D eigenvalue weighted by atomic mass is 9.81. The van der Waals surface area contributed by atoms with Gasteiger partial charge < -0.3 is 51.0 Å². The quantitative estimate of drug-likeness (QED) is 0.0274. The van der Waals surface area contributed by atoms with Gasteiger partial charge >= 0.3 is 7.12 Å². The number of fused-ring (bicyclic) bond motifs is 3. The lowest BCUT2D eigenvalue weighted by molar-refractivity contribution is 0.00578. The van der Waals surface area contributed by atoms with Gasteiger partial charge in [0.15, 0.2) is 14.4 Å². The molecule has 0 amide bonds. The Morgan fingerprint density at radius 2 is 1.06 bits per heavy atom. The van der Waals surface area contributed by atoms with Crippen LogP contribution in [0.2, 0.25) is 93.7 Å². The van der Waals surface area contributed by atoms with E-state index in [1.165, 1.54) is 38.0 Å². The first-order chi connectivity index (χ1) is 51.6. The molecule has 0 bridgehead atoms. The van der Waals surface area contributed by atoms with Gasteiger partial charge in [-0.2, -0.15) is 13.9 Å². The van der Waals surface area contributed by atoms with Crippen molar-refractivity contribution in [3.63, 3.8) is 0 Å². The van der Waals surface area contributed by atoms with Crippen LogP contribution in [0.4, 0.5) is 0 Å². The standard InChI is InChI=1S/C24H33N5O3SSi.C19H36BNO2Si.C17H23N3OSi.C13H19BrN2OSi.C7H10N2O2S/c1-5-33(30,31)29-17-24(18-29,9-10-25)28-13-7-20(16-28)21-6-11-26-23-22(21)8-12-27(23)19-32-14-15-34(2,3)4;1-14(2)24(15(3)4,16(5)6)21-12-11-17(13-21)20-22-18(7,8)19(9,10)23-20;1-22(2,3)11-10-21-13-20-9-6-16-15(5-8-19-17(16)20)14-4-7-18-12-14;1-18(2,3)9-8-17-10-16-7-5-11-12(14)4-6-15-13(11)16;1-3-12(10,11)9-5-7(6-9)4-8-2/h6-8,11-13,16H,5,9,14-15,17-19H2,1-4H3;11-16H,1-10H3;4-9,12,18H,10-11,13H2,1-3H3;4-7H,8-10H2,1-3H3;4H,3,5-6H2,1H3. The number of nitrogens with one attached hydrogen (secondary N) is 1. The van der Waals surface area contributed by atoms with Crippen LogP contribution in [0.15, 0.2) is 145 Å². The predicted octanol–water partition coefficient (Wildman–Crippen LogP) is 17.8. The molecule has 9 aromatic rings. The summed E-state index contributed by atoms with van der Waals surface area (Å²) in [6, 6.07) is 24.3. The SMILES string of the molecule is CC(C)[Si](C(C)C)(C(C)C)n1ccc(B2OC(C)(C)C(C)(C)O2)c1.CCS(=O)(=O)N1CC(CC#N)(n2ccc(-c3ccnc4c3ccn4COCC[Si](C)(C)C)c2)C1.C[Si](C)(C)CCOCn1ccc2c(-c3cc[nH]c3)ccnc21.C[Si](C)(C)CCOCn1ccc2c(Br)ccnc21.[C-]#[N+]C=C1CN(S(=O)(=O)CC)C1. The third-order valence-corrected chi connectivity index (χ3v) is 37.5. The molecule has 9 aromatic heterocycles. The van der Waals surface area contributed by atoms with E-state index >= 15 is 0 Å². The van der Waals surface area contributed by atoms with E-state index in [2.05, 4.69) is 239 Å². The molecule has 0 spiro atoms. The van der Waals surface area contributed by atoms with Crippen molar-refractivity contribution >= 4 is 114 Å². The van der Waals surface area contributed by atoms with Crippen molar-refractivity contribution in [2.45, 2.75) is 220 Å². The van der Waals surface area contributed by atoms with Crippen LogP contribution >= 0.6 is 15.9 Å². The minimum atomic E-state index is -3.26. The first kappa shape index (κ1) is 89.2. The third-order valence-electron chi connectivity index (χ3n) is 21.4. The second kappa shape index (κ2) is 37.3. The molecular formula is C80H121BBrN13O9S2Si4. The zero-order valence-electron chi connectivity index (χ0n) is 69.1. The molecule has 0 aliphatic carbocycles. The van der Waals surface area contributed by atoms with E-state index < -0.39 is 58.0 Å². The summed E-state index contributed by atoms with van der Waals surface area (Å²) >= 11 is 3.53. The predicted molar refractivity (Wildman–Crippen MR) is 464 cm³/mol. The molecule has 3 saturated heterocycles. The highest BCUT2D eigenvalue weighted by atomic mass is 79.9. The minimum absolute atomic E-state index is 0.0698. The highest BCUT2D eigenvalue weighted by molar-refractivity contribution is 9.10. The third kappa shape index (κ3) is 22.1. The Bertz CT molecular complexity index is 4810. The van der Waals surface area contributed by atoms with Gasteiger partial charge in [-0.05, 0) is 187 Å². The summed E-state index contributed by atoms with van der Waals surface area (Å²) in [5, 5.41) is 12.8. The number of hydrogen-bond donors (Lipinski definition) is 1. The van der Waals surface area contributed by atoms with Crippen LogP contribution in [0.5, 0.6) is 0 Å². The fraction of sp³-hybridized carbons (Fsp3) is 0.537. The first-order valence-electron chi connectivity index (χ1n) is 38.5. The normalized spacial score (nSPS) is 16.0. The molecule has 1 N–H and O–H groups in total. The number of halogens is 1. The fourth-order valence-electron chi connectivity index (χ4n) is 14.1. The van der Waals surface area contributed by atoms with Crippen molar-refractivity contribution in [3.8, 4) is 28.3 Å². The van der Waals surface area contributed by atoms with Crippen LogP contribution in [-0.4, -0.2) is 176 Å². The Morgan fingerprint density at radius 1 is 0.618 bits per heavy atom. The zero-order valence-corrected chi connectivity index (χ0v) is 76.3. The summed E-state index contributed by atoms with van der Waals surface area (Å²) in [6.45, 7) is 59.2. The number of rotatable bonds is 28. The topological polar surface area (TPSA) is 228 Å². The van der Waals surface area contributed by atoms with Crippen LogP contribution < -0.4 is 5.46 Å². The molecule has 12 rings (SSSR count). The van der Waals surface area contributed by atoms with Crippen LogP contribution in [0, 0.1) is 17.9 Å². The summed E-state index contributed by atoms with van der Waals surface area (Å²) in [5.41, 5.74) is 10.2. The maximum absolute atomic E-state index is 12.2. The van der Waals surface area contributed by atoms with Gasteiger partial charge in [0, 0.05) is 158 Å². The Morgan fingerprint density at radius 3 is 1.49 bits per heavy atom. The lowest BCUT2D eigenvalue weighted by Crippen LogP contribution is -2.63. The zero-order chi connectivity index (χ0) is 81.0. The van der Waals surface area contributed by atoms with Crippen LogP contribution in [0.3, 0.4) is 0 Å². The number of nitriles is 1. The maximum atomic E-state index is 12.2. The van der Waals surface area contributed by atoms with E-state index in [9.17, 15) is 22.1 Å².